The minimum atomic E-state index is -0.471. The summed E-state index contributed by atoms with van der Waals surface area (Å²) < 4.78 is 15.8. The lowest BCUT2D eigenvalue weighted by molar-refractivity contribution is -0.117. The predicted molar refractivity (Wildman–Crippen MR) is 115 cm³/mol. The van der Waals surface area contributed by atoms with Crippen molar-refractivity contribution < 1.29 is 9.18 Å². The maximum Gasteiger partial charge on any atom is 0.240 e. The van der Waals surface area contributed by atoms with Crippen molar-refractivity contribution in [2.75, 3.05) is 11.4 Å². The van der Waals surface area contributed by atoms with Gasteiger partial charge >= 0.3 is 0 Å². The molecule has 1 atom stereocenters. The number of hydrogen-bond acceptors (Lipinski definition) is 5. The lowest BCUT2D eigenvalue weighted by Gasteiger charge is -2.25. The van der Waals surface area contributed by atoms with E-state index in [0.717, 1.165) is 11.3 Å². The number of rotatable bonds is 7. The van der Waals surface area contributed by atoms with E-state index in [9.17, 15) is 9.18 Å². The number of carbonyl (C=O) groups is 1. The largest absolute Gasteiger partial charge is 0.310 e. The van der Waals surface area contributed by atoms with E-state index >= 15 is 0 Å². The quantitative estimate of drug-likeness (QED) is 0.528. The zero-order chi connectivity index (χ0) is 21.7. The molecule has 0 bridgehead atoms. The van der Waals surface area contributed by atoms with Crippen molar-refractivity contribution in [2.45, 2.75) is 30.7 Å². The fraction of sp³-hybridized carbons (Fsp3) is 0.273. The Labute approximate surface area is 179 Å². The average molecular weight is 424 g/mol. The standard InChI is InChI=1S/C22H22FN5OS/c1-15-9-11-17(12-10-15)28(14-6-13-24)21(29)16(2)30-22-26-25-20(27(22)3)18-7-4-5-8-19(18)23/h4-5,7-12,16H,6,14H2,1-3H3. The molecule has 1 unspecified atom stereocenters. The van der Waals surface area contributed by atoms with E-state index in [1.165, 1.54) is 17.8 Å². The molecule has 1 aromatic heterocycles. The van der Waals surface area contributed by atoms with Gasteiger partial charge in [0.25, 0.3) is 0 Å². The van der Waals surface area contributed by atoms with Crippen LogP contribution in [0.4, 0.5) is 10.1 Å². The number of amides is 1. The van der Waals surface area contributed by atoms with Crippen LogP contribution in [0.25, 0.3) is 11.4 Å². The number of aromatic nitrogens is 3. The summed E-state index contributed by atoms with van der Waals surface area (Å²) in [6, 6.07) is 16.1. The second kappa shape index (κ2) is 9.55. The zero-order valence-corrected chi connectivity index (χ0v) is 17.9. The number of thioether (sulfide) groups is 1. The number of benzene rings is 2. The van der Waals surface area contributed by atoms with Gasteiger partial charge in [-0.05, 0) is 38.1 Å². The van der Waals surface area contributed by atoms with Crippen molar-refractivity contribution in [1.82, 2.24) is 14.8 Å². The van der Waals surface area contributed by atoms with Crippen molar-refractivity contribution >= 4 is 23.4 Å². The van der Waals surface area contributed by atoms with Gasteiger partial charge in [0.05, 0.1) is 23.3 Å². The second-order valence-corrected chi connectivity index (χ2v) is 8.15. The first-order valence-electron chi connectivity index (χ1n) is 9.48. The highest BCUT2D eigenvalue weighted by Gasteiger charge is 2.25. The molecule has 0 spiro atoms. The predicted octanol–water partition coefficient (Wildman–Crippen LogP) is 4.36. The third kappa shape index (κ3) is 4.69. The first kappa shape index (κ1) is 21.5. The molecule has 8 heteroatoms. The number of halogens is 1. The van der Waals surface area contributed by atoms with Crippen LogP contribution in [0.2, 0.25) is 0 Å². The Morgan fingerprint density at radius 2 is 1.93 bits per heavy atom. The number of nitrogens with zero attached hydrogens (tertiary/aromatic N) is 5. The van der Waals surface area contributed by atoms with Crippen molar-refractivity contribution in [3.63, 3.8) is 0 Å². The van der Waals surface area contributed by atoms with Crippen LogP contribution in [-0.2, 0) is 11.8 Å². The Kier molecular flexibility index (Phi) is 6.85. The maximum atomic E-state index is 14.1. The maximum absolute atomic E-state index is 14.1. The Hall–Kier alpha value is -3.18. The number of anilines is 1. The normalized spacial score (nSPS) is 11.7. The minimum absolute atomic E-state index is 0.130. The summed E-state index contributed by atoms with van der Waals surface area (Å²) in [5, 5.41) is 17.3. The highest BCUT2D eigenvalue weighted by Crippen LogP contribution is 2.29. The van der Waals surface area contributed by atoms with E-state index in [-0.39, 0.29) is 18.1 Å². The third-order valence-corrected chi connectivity index (χ3v) is 5.76. The summed E-state index contributed by atoms with van der Waals surface area (Å²) in [7, 11) is 1.74. The molecule has 0 aliphatic rings. The smallest absolute Gasteiger partial charge is 0.240 e. The number of hydrogen-bond donors (Lipinski definition) is 0. The Balaban J connectivity index is 1.81. The molecule has 30 heavy (non-hydrogen) atoms. The molecule has 2 aromatic carbocycles. The molecule has 0 N–H and O–H groups in total. The van der Waals surface area contributed by atoms with E-state index in [1.807, 2.05) is 31.2 Å². The van der Waals surface area contributed by atoms with Crippen LogP contribution in [0.3, 0.4) is 0 Å². The molecular formula is C22H22FN5OS. The van der Waals surface area contributed by atoms with Crippen LogP contribution >= 0.6 is 11.8 Å². The van der Waals surface area contributed by atoms with Gasteiger partial charge in [-0.1, -0.05) is 41.6 Å². The molecule has 1 amide bonds. The molecule has 3 aromatic rings. The molecule has 6 nitrogen and oxygen atoms in total. The van der Waals surface area contributed by atoms with Crippen LogP contribution in [0, 0.1) is 24.1 Å². The number of aryl methyl sites for hydroxylation is 1. The topological polar surface area (TPSA) is 74.8 Å². The van der Waals surface area contributed by atoms with Crippen LogP contribution in [0.1, 0.15) is 18.9 Å². The van der Waals surface area contributed by atoms with Gasteiger partial charge in [0.1, 0.15) is 5.82 Å². The highest BCUT2D eigenvalue weighted by molar-refractivity contribution is 8.00. The van der Waals surface area contributed by atoms with Gasteiger partial charge in [-0.3, -0.25) is 4.79 Å². The van der Waals surface area contributed by atoms with Crippen molar-refractivity contribution in [3.05, 3.63) is 59.9 Å². The van der Waals surface area contributed by atoms with Gasteiger partial charge < -0.3 is 9.47 Å². The third-order valence-electron chi connectivity index (χ3n) is 4.64. The van der Waals surface area contributed by atoms with Gasteiger partial charge in [-0.25, -0.2) is 4.39 Å². The van der Waals surface area contributed by atoms with Gasteiger partial charge in [-0.15, -0.1) is 10.2 Å². The van der Waals surface area contributed by atoms with Gasteiger partial charge in [0.2, 0.25) is 5.91 Å². The summed E-state index contributed by atoms with van der Waals surface area (Å²) in [6.45, 7) is 4.07. The minimum Gasteiger partial charge on any atom is -0.310 e. The van der Waals surface area contributed by atoms with Crippen molar-refractivity contribution in [1.29, 1.82) is 5.26 Å². The molecule has 1 heterocycles. The van der Waals surface area contributed by atoms with Crippen molar-refractivity contribution in [3.8, 4) is 17.5 Å². The fourth-order valence-electron chi connectivity index (χ4n) is 2.98. The van der Waals surface area contributed by atoms with Crippen LogP contribution in [0.5, 0.6) is 0 Å². The summed E-state index contributed by atoms with van der Waals surface area (Å²) in [4.78, 5) is 14.8. The van der Waals surface area contributed by atoms with Crippen LogP contribution in [-0.4, -0.2) is 32.5 Å². The van der Waals surface area contributed by atoms with Gasteiger partial charge in [0.15, 0.2) is 11.0 Å². The van der Waals surface area contributed by atoms with E-state index in [4.69, 9.17) is 5.26 Å². The molecule has 0 fully saturated rings. The lowest BCUT2D eigenvalue weighted by Crippen LogP contribution is -2.37. The fourth-order valence-corrected chi connectivity index (χ4v) is 3.85. The monoisotopic (exact) mass is 423 g/mol. The summed E-state index contributed by atoms with van der Waals surface area (Å²) in [6.07, 6.45) is 0.235. The first-order valence-corrected chi connectivity index (χ1v) is 10.4. The van der Waals surface area contributed by atoms with E-state index < -0.39 is 5.25 Å². The molecule has 0 radical (unpaired) electrons. The molecule has 0 saturated heterocycles. The van der Waals surface area contributed by atoms with E-state index in [0.29, 0.717) is 23.1 Å². The summed E-state index contributed by atoms with van der Waals surface area (Å²) in [5.41, 5.74) is 2.19. The van der Waals surface area contributed by atoms with E-state index in [2.05, 4.69) is 16.3 Å². The van der Waals surface area contributed by atoms with Gasteiger partial charge in [0, 0.05) is 19.3 Å². The number of nitriles is 1. The SMILES string of the molecule is Cc1ccc(N(CCC#N)C(=O)C(C)Sc2nnc(-c3ccccc3F)n2C)cc1. The molecule has 154 valence electrons. The van der Waals surface area contributed by atoms with E-state index in [1.54, 1.807) is 41.6 Å². The highest BCUT2D eigenvalue weighted by atomic mass is 32.2. The molecular weight excluding hydrogens is 401 g/mol. The number of carbonyl (C=O) groups excluding carboxylic acids is 1. The Morgan fingerprint density at radius 1 is 1.23 bits per heavy atom. The summed E-state index contributed by atoms with van der Waals surface area (Å²) >= 11 is 1.25. The molecule has 3 rings (SSSR count). The zero-order valence-electron chi connectivity index (χ0n) is 17.0. The van der Waals surface area contributed by atoms with Crippen LogP contribution in [0.15, 0.2) is 53.7 Å². The van der Waals surface area contributed by atoms with Crippen molar-refractivity contribution in [2.24, 2.45) is 7.05 Å². The summed E-state index contributed by atoms with van der Waals surface area (Å²) in [5.74, 6) is -0.111. The Bertz CT molecular complexity index is 1070. The molecule has 0 aliphatic carbocycles. The Morgan fingerprint density at radius 3 is 2.60 bits per heavy atom. The second-order valence-electron chi connectivity index (χ2n) is 6.84. The van der Waals surface area contributed by atoms with Gasteiger partial charge in [-0.2, -0.15) is 5.26 Å². The first-order chi connectivity index (χ1) is 14.4. The lowest BCUT2D eigenvalue weighted by atomic mass is 10.2. The average Bonchev–Trinajstić information content (AvgIpc) is 3.09. The van der Waals surface area contributed by atoms with Crippen LogP contribution < -0.4 is 4.90 Å². The molecule has 0 aliphatic heterocycles. The molecule has 0 saturated carbocycles.